The fourth-order valence-corrected chi connectivity index (χ4v) is 3.87. The summed E-state index contributed by atoms with van der Waals surface area (Å²) in [6.07, 6.45) is 2.36. The van der Waals surface area contributed by atoms with Gasteiger partial charge in [0.25, 0.3) is 11.8 Å². The first-order chi connectivity index (χ1) is 14.9. The van der Waals surface area contributed by atoms with Gasteiger partial charge in [-0.15, -0.1) is 0 Å². The Bertz CT molecular complexity index is 1020. The molecule has 4 rings (SSSR count). The van der Waals surface area contributed by atoms with E-state index in [9.17, 15) is 19.2 Å². The highest BCUT2D eigenvalue weighted by Crippen LogP contribution is 2.24. The Morgan fingerprint density at radius 2 is 1.77 bits per heavy atom. The largest absolute Gasteiger partial charge is 0.344 e. The van der Waals surface area contributed by atoms with Gasteiger partial charge in [0.1, 0.15) is 5.54 Å². The normalized spacial score (nSPS) is 20.9. The molecular formula is C23H24N4O4. The number of nitrogens with one attached hydrogen (secondary N) is 2. The van der Waals surface area contributed by atoms with Crippen molar-refractivity contribution in [3.8, 4) is 0 Å². The number of anilines is 1. The van der Waals surface area contributed by atoms with Gasteiger partial charge in [0, 0.05) is 24.2 Å². The molecule has 2 aliphatic heterocycles. The summed E-state index contributed by atoms with van der Waals surface area (Å²) < 4.78 is 0. The summed E-state index contributed by atoms with van der Waals surface area (Å²) in [7, 11) is 0. The molecule has 0 bridgehead atoms. The molecule has 5 amide bonds. The van der Waals surface area contributed by atoms with Gasteiger partial charge < -0.3 is 10.2 Å². The molecule has 1 atom stereocenters. The molecule has 0 radical (unpaired) electrons. The highest BCUT2D eigenvalue weighted by molar-refractivity contribution is 6.09. The molecule has 0 saturated carbocycles. The number of aryl methyl sites for hydroxylation is 1. The Kier molecular flexibility index (Phi) is 5.46. The lowest BCUT2D eigenvalue weighted by molar-refractivity contribution is -0.132. The van der Waals surface area contributed by atoms with Crippen LogP contribution in [0.25, 0.3) is 0 Å². The maximum Gasteiger partial charge on any atom is 0.344 e. The third-order valence-electron chi connectivity index (χ3n) is 5.75. The molecule has 8 nitrogen and oxygen atoms in total. The van der Waals surface area contributed by atoms with Gasteiger partial charge in [0.05, 0.1) is 0 Å². The first kappa shape index (κ1) is 20.6. The number of hydrogen-bond acceptors (Lipinski definition) is 4. The topological polar surface area (TPSA) is 98.8 Å². The molecule has 2 aliphatic rings. The Morgan fingerprint density at radius 1 is 1.06 bits per heavy atom. The second kappa shape index (κ2) is 8.22. The fraction of sp³-hybridized carbons (Fsp3) is 0.304. The van der Waals surface area contributed by atoms with Gasteiger partial charge in [0.2, 0.25) is 5.91 Å². The van der Waals surface area contributed by atoms with Crippen LogP contribution in [0.4, 0.5) is 10.5 Å². The van der Waals surface area contributed by atoms with Crippen molar-refractivity contribution in [2.45, 2.75) is 38.1 Å². The minimum Gasteiger partial charge on any atom is -0.322 e. The molecule has 2 N–H and O–H groups in total. The van der Waals surface area contributed by atoms with Gasteiger partial charge in [0.15, 0.2) is 0 Å². The smallest absolute Gasteiger partial charge is 0.322 e. The van der Waals surface area contributed by atoms with Crippen molar-refractivity contribution in [3.63, 3.8) is 0 Å². The number of rotatable bonds is 6. The lowest BCUT2D eigenvalue weighted by Gasteiger charge is -2.21. The molecule has 160 valence electrons. The van der Waals surface area contributed by atoms with Crippen LogP contribution in [0.15, 0.2) is 54.6 Å². The predicted octanol–water partition coefficient (Wildman–Crippen LogP) is 2.40. The molecule has 2 aromatic carbocycles. The SMILES string of the molecule is C[C@]1(CCc2ccccc2)NC(=O)N(NC(=O)c2ccc(N3CCCC3=O)cc2)C1=O. The molecule has 0 aromatic heterocycles. The van der Waals surface area contributed by atoms with Crippen molar-refractivity contribution < 1.29 is 19.2 Å². The highest BCUT2D eigenvalue weighted by Gasteiger charge is 2.48. The summed E-state index contributed by atoms with van der Waals surface area (Å²) >= 11 is 0. The predicted molar refractivity (Wildman–Crippen MR) is 114 cm³/mol. The van der Waals surface area contributed by atoms with Gasteiger partial charge >= 0.3 is 6.03 Å². The number of amides is 5. The molecule has 0 unspecified atom stereocenters. The lowest BCUT2D eigenvalue weighted by atomic mass is 9.93. The van der Waals surface area contributed by atoms with Crippen LogP contribution in [0.3, 0.4) is 0 Å². The van der Waals surface area contributed by atoms with E-state index in [0.717, 1.165) is 22.7 Å². The third-order valence-corrected chi connectivity index (χ3v) is 5.75. The fourth-order valence-electron chi connectivity index (χ4n) is 3.87. The molecule has 2 aromatic rings. The van der Waals surface area contributed by atoms with E-state index in [-0.39, 0.29) is 11.5 Å². The summed E-state index contributed by atoms with van der Waals surface area (Å²) in [5, 5.41) is 3.43. The second-order valence-corrected chi connectivity index (χ2v) is 8.03. The quantitative estimate of drug-likeness (QED) is 0.701. The van der Waals surface area contributed by atoms with Crippen LogP contribution in [0.1, 0.15) is 42.1 Å². The van der Waals surface area contributed by atoms with E-state index in [1.807, 2.05) is 30.3 Å². The minimum atomic E-state index is -1.10. The van der Waals surface area contributed by atoms with Gasteiger partial charge in [-0.2, -0.15) is 5.01 Å². The van der Waals surface area contributed by atoms with E-state index in [2.05, 4.69) is 10.7 Å². The number of hydrazine groups is 1. The van der Waals surface area contributed by atoms with Crippen molar-refractivity contribution in [2.24, 2.45) is 0 Å². The van der Waals surface area contributed by atoms with Crippen LogP contribution in [0.5, 0.6) is 0 Å². The molecule has 8 heteroatoms. The lowest BCUT2D eigenvalue weighted by Crippen LogP contribution is -2.48. The average Bonchev–Trinajstić information content (AvgIpc) is 3.30. The molecule has 2 saturated heterocycles. The first-order valence-electron chi connectivity index (χ1n) is 10.3. The number of benzene rings is 2. The number of imide groups is 1. The number of carbonyl (C=O) groups is 4. The second-order valence-electron chi connectivity index (χ2n) is 8.03. The number of nitrogens with zero attached hydrogens (tertiary/aromatic N) is 2. The zero-order valence-corrected chi connectivity index (χ0v) is 17.3. The van der Waals surface area contributed by atoms with E-state index in [1.54, 1.807) is 36.1 Å². The highest BCUT2D eigenvalue weighted by atomic mass is 16.2. The average molecular weight is 420 g/mol. The number of carbonyl (C=O) groups excluding carboxylic acids is 4. The summed E-state index contributed by atoms with van der Waals surface area (Å²) in [4.78, 5) is 51.4. The third kappa shape index (κ3) is 4.14. The van der Waals surface area contributed by atoms with Crippen molar-refractivity contribution in [3.05, 3.63) is 65.7 Å². The maximum absolute atomic E-state index is 12.9. The summed E-state index contributed by atoms with van der Waals surface area (Å²) in [5.41, 5.74) is 3.37. The van der Waals surface area contributed by atoms with E-state index in [0.29, 0.717) is 25.8 Å². The van der Waals surface area contributed by atoms with E-state index in [1.165, 1.54) is 0 Å². The maximum atomic E-state index is 12.9. The van der Waals surface area contributed by atoms with Crippen LogP contribution in [0, 0.1) is 0 Å². The van der Waals surface area contributed by atoms with Crippen LogP contribution in [0.2, 0.25) is 0 Å². The standard InChI is InChI=1S/C23H24N4O4/c1-23(14-13-16-6-3-2-4-7-16)21(30)27(22(31)24-23)25-20(29)17-9-11-18(12-10-17)26-15-5-8-19(26)28/h2-4,6-7,9-12H,5,8,13-15H2,1H3,(H,24,31)(H,25,29)/t23-/m1/s1. The Balaban J connectivity index is 1.40. The van der Waals surface area contributed by atoms with Gasteiger partial charge in [-0.25, -0.2) is 4.79 Å². The van der Waals surface area contributed by atoms with Crippen LogP contribution >= 0.6 is 0 Å². The molecule has 2 fully saturated rings. The van der Waals surface area contributed by atoms with Crippen molar-refractivity contribution in [1.82, 2.24) is 15.8 Å². The van der Waals surface area contributed by atoms with Crippen molar-refractivity contribution >= 4 is 29.4 Å². The van der Waals surface area contributed by atoms with E-state index in [4.69, 9.17) is 0 Å². The molecule has 0 aliphatic carbocycles. The number of urea groups is 1. The molecular weight excluding hydrogens is 396 g/mol. The van der Waals surface area contributed by atoms with Crippen LogP contribution in [-0.2, 0) is 16.0 Å². The van der Waals surface area contributed by atoms with Crippen molar-refractivity contribution in [2.75, 3.05) is 11.4 Å². The number of hydrogen-bond donors (Lipinski definition) is 2. The summed E-state index contributed by atoms with van der Waals surface area (Å²) in [5.74, 6) is -1.01. The Morgan fingerprint density at radius 3 is 2.42 bits per heavy atom. The molecule has 2 heterocycles. The zero-order valence-electron chi connectivity index (χ0n) is 17.3. The summed E-state index contributed by atoms with van der Waals surface area (Å²) in [6, 6.07) is 15.5. The van der Waals surface area contributed by atoms with E-state index < -0.39 is 23.4 Å². The van der Waals surface area contributed by atoms with E-state index >= 15 is 0 Å². The Hall–Kier alpha value is -3.68. The monoisotopic (exact) mass is 420 g/mol. The molecule has 31 heavy (non-hydrogen) atoms. The van der Waals surface area contributed by atoms with Crippen LogP contribution in [-0.4, -0.2) is 40.8 Å². The minimum absolute atomic E-state index is 0.0614. The van der Waals surface area contributed by atoms with Crippen LogP contribution < -0.4 is 15.6 Å². The zero-order chi connectivity index (χ0) is 22.0. The Labute approximate surface area is 180 Å². The first-order valence-corrected chi connectivity index (χ1v) is 10.3. The summed E-state index contributed by atoms with van der Waals surface area (Å²) in [6.45, 7) is 2.32. The molecule has 0 spiro atoms. The van der Waals surface area contributed by atoms with Gasteiger partial charge in [-0.3, -0.25) is 19.8 Å². The van der Waals surface area contributed by atoms with Gasteiger partial charge in [-0.1, -0.05) is 30.3 Å². The van der Waals surface area contributed by atoms with Crippen molar-refractivity contribution in [1.29, 1.82) is 0 Å². The van der Waals surface area contributed by atoms with Gasteiger partial charge in [-0.05, 0) is 56.0 Å².